The fourth-order valence-electron chi connectivity index (χ4n) is 2.21. The van der Waals surface area contributed by atoms with Crippen LogP contribution >= 0.6 is 0 Å². The van der Waals surface area contributed by atoms with Crippen molar-refractivity contribution in [1.82, 2.24) is 0 Å². The van der Waals surface area contributed by atoms with Crippen LogP contribution in [0.2, 0.25) is 0 Å². The average Bonchev–Trinajstić information content (AvgIpc) is 2.72. The molecule has 0 aromatic rings. The average molecular weight is 186 g/mol. The third kappa shape index (κ3) is 1.89. The van der Waals surface area contributed by atoms with Crippen LogP contribution in [0, 0.1) is 0 Å². The predicted octanol–water partition coefficient (Wildman–Crippen LogP) is 4.32. The molecule has 0 spiro atoms. The summed E-state index contributed by atoms with van der Waals surface area (Å²) in [7, 11) is 0. The summed E-state index contributed by atoms with van der Waals surface area (Å²) in [6.07, 6.45) is 14.1. The second kappa shape index (κ2) is 4.00. The lowest BCUT2D eigenvalue weighted by Crippen LogP contribution is -1.87. The van der Waals surface area contributed by atoms with E-state index in [9.17, 15) is 0 Å². The molecule has 2 aliphatic rings. The highest BCUT2D eigenvalue weighted by Gasteiger charge is 2.09. The Bertz CT molecular complexity index is 312. The molecule has 0 atom stereocenters. The largest absolute Gasteiger partial charge is 0.0775 e. The maximum atomic E-state index is 2.36. The molecule has 74 valence electrons. The van der Waals surface area contributed by atoms with Crippen molar-refractivity contribution in [3.8, 4) is 0 Å². The summed E-state index contributed by atoms with van der Waals surface area (Å²) < 4.78 is 0. The van der Waals surface area contributed by atoms with Gasteiger partial charge >= 0.3 is 0 Å². The summed E-state index contributed by atoms with van der Waals surface area (Å²) in [4.78, 5) is 0. The first-order valence-electron chi connectivity index (χ1n) is 5.49. The molecule has 0 aromatic carbocycles. The molecule has 0 fully saturated rings. The van der Waals surface area contributed by atoms with Gasteiger partial charge in [-0.1, -0.05) is 35.5 Å². The molecule has 0 heterocycles. The molecule has 0 heteroatoms. The van der Waals surface area contributed by atoms with Crippen LogP contribution in [0.25, 0.3) is 0 Å². The molecule has 0 N–H and O–H groups in total. The van der Waals surface area contributed by atoms with E-state index in [0.29, 0.717) is 0 Å². The highest BCUT2D eigenvalue weighted by Crippen LogP contribution is 2.28. The smallest absolute Gasteiger partial charge is 0.0157 e. The van der Waals surface area contributed by atoms with Gasteiger partial charge < -0.3 is 0 Å². The third-order valence-electron chi connectivity index (χ3n) is 3.25. The normalized spacial score (nSPS) is 20.4. The van der Waals surface area contributed by atoms with Crippen LogP contribution in [0.15, 0.2) is 46.6 Å². The van der Waals surface area contributed by atoms with Crippen LogP contribution in [0.5, 0.6) is 0 Å². The minimum Gasteiger partial charge on any atom is -0.0775 e. The first kappa shape index (κ1) is 9.51. The zero-order valence-electron chi connectivity index (χ0n) is 9.14. The number of hydrogen-bond donors (Lipinski definition) is 0. The van der Waals surface area contributed by atoms with Gasteiger partial charge in [0.1, 0.15) is 0 Å². The van der Waals surface area contributed by atoms with Gasteiger partial charge in [0, 0.05) is 0 Å². The van der Waals surface area contributed by atoms with E-state index in [-0.39, 0.29) is 0 Å². The molecule has 0 aromatic heterocycles. The Morgan fingerprint density at radius 1 is 0.786 bits per heavy atom. The Kier molecular flexibility index (Phi) is 2.72. The maximum absolute atomic E-state index is 2.36. The van der Waals surface area contributed by atoms with Gasteiger partial charge in [0.25, 0.3) is 0 Å². The van der Waals surface area contributed by atoms with Crippen LogP contribution < -0.4 is 0 Å². The molecule has 2 aliphatic carbocycles. The van der Waals surface area contributed by atoms with Gasteiger partial charge in [-0.2, -0.15) is 0 Å². The lowest BCUT2D eigenvalue weighted by Gasteiger charge is -2.06. The highest BCUT2D eigenvalue weighted by molar-refractivity contribution is 5.39. The van der Waals surface area contributed by atoms with Crippen LogP contribution in [-0.4, -0.2) is 0 Å². The summed E-state index contributed by atoms with van der Waals surface area (Å²) in [5, 5.41) is 0. The maximum Gasteiger partial charge on any atom is -0.0157 e. The fourth-order valence-corrected chi connectivity index (χ4v) is 2.21. The Morgan fingerprint density at radius 3 is 1.50 bits per heavy atom. The van der Waals surface area contributed by atoms with Crippen molar-refractivity contribution in [2.75, 3.05) is 0 Å². The topological polar surface area (TPSA) is 0 Å². The molecule has 0 bridgehead atoms. The Labute approximate surface area is 86.7 Å². The fraction of sp³-hybridized carbons (Fsp3) is 0.429. The summed E-state index contributed by atoms with van der Waals surface area (Å²) >= 11 is 0. The van der Waals surface area contributed by atoms with Crippen molar-refractivity contribution >= 4 is 0 Å². The van der Waals surface area contributed by atoms with Crippen LogP contribution in [-0.2, 0) is 0 Å². The van der Waals surface area contributed by atoms with Crippen LogP contribution in [0.3, 0.4) is 0 Å². The third-order valence-corrected chi connectivity index (χ3v) is 3.25. The van der Waals surface area contributed by atoms with Crippen LogP contribution in [0.1, 0.15) is 39.5 Å². The SMILES string of the molecule is CC1=CCC=C1CCC1=CCC=C1C. The van der Waals surface area contributed by atoms with E-state index in [1.54, 1.807) is 11.1 Å². The lowest BCUT2D eigenvalue weighted by molar-refractivity contribution is 0.943. The summed E-state index contributed by atoms with van der Waals surface area (Å²) in [5.74, 6) is 0. The molecule has 0 amide bonds. The molecular weight excluding hydrogens is 168 g/mol. The van der Waals surface area contributed by atoms with Crippen molar-refractivity contribution in [2.45, 2.75) is 39.5 Å². The van der Waals surface area contributed by atoms with Gasteiger partial charge in [-0.15, -0.1) is 0 Å². The van der Waals surface area contributed by atoms with Gasteiger partial charge in [-0.05, 0) is 50.7 Å². The van der Waals surface area contributed by atoms with Gasteiger partial charge in [0.05, 0.1) is 0 Å². The van der Waals surface area contributed by atoms with E-state index < -0.39 is 0 Å². The van der Waals surface area contributed by atoms with Crippen molar-refractivity contribution in [2.24, 2.45) is 0 Å². The summed E-state index contributed by atoms with van der Waals surface area (Å²) in [6.45, 7) is 4.45. The van der Waals surface area contributed by atoms with E-state index in [1.807, 2.05) is 0 Å². The van der Waals surface area contributed by atoms with E-state index in [2.05, 4.69) is 38.2 Å². The molecule has 14 heavy (non-hydrogen) atoms. The molecule has 2 rings (SSSR count). The zero-order chi connectivity index (χ0) is 9.97. The molecule has 0 aliphatic heterocycles. The number of rotatable bonds is 3. The first-order valence-corrected chi connectivity index (χ1v) is 5.49. The zero-order valence-corrected chi connectivity index (χ0v) is 9.14. The van der Waals surface area contributed by atoms with Crippen molar-refractivity contribution in [1.29, 1.82) is 0 Å². The Balaban J connectivity index is 1.90. The molecule has 0 saturated carbocycles. The summed E-state index contributed by atoms with van der Waals surface area (Å²) in [5.41, 5.74) is 6.10. The van der Waals surface area contributed by atoms with Gasteiger partial charge in [-0.25, -0.2) is 0 Å². The second-order valence-corrected chi connectivity index (χ2v) is 4.20. The Hall–Kier alpha value is -1.04. The number of hydrogen-bond acceptors (Lipinski definition) is 0. The van der Waals surface area contributed by atoms with Gasteiger partial charge in [0.2, 0.25) is 0 Å². The minimum atomic E-state index is 1.15. The summed E-state index contributed by atoms with van der Waals surface area (Å²) in [6, 6.07) is 0. The van der Waals surface area contributed by atoms with Gasteiger partial charge in [0.15, 0.2) is 0 Å². The quantitative estimate of drug-likeness (QED) is 0.615. The molecular formula is C14H18. The second-order valence-electron chi connectivity index (χ2n) is 4.20. The first-order chi connectivity index (χ1) is 6.77. The predicted molar refractivity (Wildman–Crippen MR) is 62.1 cm³/mol. The molecule has 0 saturated heterocycles. The van der Waals surface area contributed by atoms with Crippen LogP contribution in [0.4, 0.5) is 0 Å². The van der Waals surface area contributed by atoms with Crippen molar-refractivity contribution in [3.63, 3.8) is 0 Å². The minimum absolute atomic E-state index is 1.15. The van der Waals surface area contributed by atoms with Crippen molar-refractivity contribution < 1.29 is 0 Å². The van der Waals surface area contributed by atoms with Gasteiger partial charge in [-0.3, -0.25) is 0 Å². The van der Waals surface area contributed by atoms with E-state index in [0.717, 1.165) is 12.8 Å². The molecule has 0 unspecified atom stereocenters. The van der Waals surface area contributed by atoms with E-state index in [4.69, 9.17) is 0 Å². The lowest BCUT2D eigenvalue weighted by atomic mass is 9.99. The van der Waals surface area contributed by atoms with Crippen molar-refractivity contribution in [3.05, 3.63) is 46.6 Å². The monoisotopic (exact) mass is 186 g/mol. The molecule has 0 radical (unpaired) electrons. The highest BCUT2D eigenvalue weighted by atomic mass is 14.1. The standard InChI is InChI=1S/C14H18/c1-11-5-3-7-13(11)9-10-14-8-4-6-12(14)2/h5-8H,3-4,9-10H2,1-2H3. The van der Waals surface area contributed by atoms with E-state index in [1.165, 1.54) is 24.0 Å². The Morgan fingerprint density at radius 2 is 1.21 bits per heavy atom. The molecule has 0 nitrogen and oxygen atoms in total. The van der Waals surface area contributed by atoms with E-state index >= 15 is 0 Å². The number of allylic oxidation sites excluding steroid dienone is 8.